The molecule has 0 N–H and O–H groups in total. The third-order valence-corrected chi connectivity index (χ3v) is 4.09. The molecule has 0 amide bonds. The van der Waals surface area contributed by atoms with Gasteiger partial charge in [0, 0.05) is 18.5 Å². The summed E-state index contributed by atoms with van der Waals surface area (Å²) in [7, 11) is 0. The molecule has 0 saturated heterocycles. The van der Waals surface area contributed by atoms with Gasteiger partial charge in [-0.25, -0.2) is 0 Å². The van der Waals surface area contributed by atoms with Crippen LogP contribution in [0.1, 0.15) is 65.2 Å². The van der Waals surface area contributed by atoms with Gasteiger partial charge in [0.2, 0.25) is 0 Å². The quantitative estimate of drug-likeness (QED) is 0.452. The average molecular weight is 235 g/mol. The van der Waals surface area contributed by atoms with Crippen molar-refractivity contribution in [3.63, 3.8) is 0 Å². The molecule has 1 atom stereocenters. The van der Waals surface area contributed by atoms with Gasteiger partial charge in [-0.05, 0) is 25.8 Å². The van der Waals surface area contributed by atoms with Crippen LogP contribution in [0.5, 0.6) is 0 Å². The van der Waals surface area contributed by atoms with E-state index in [1.807, 2.05) is 0 Å². The smallest absolute Gasteiger partial charge is 0.0327 e. The molecule has 1 fully saturated rings. The van der Waals surface area contributed by atoms with E-state index in [4.69, 9.17) is 6.42 Å². The summed E-state index contributed by atoms with van der Waals surface area (Å²) in [4.78, 5) is 2.63. The first kappa shape index (κ1) is 14.6. The first-order chi connectivity index (χ1) is 8.31. The third-order valence-electron chi connectivity index (χ3n) is 4.09. The molecule has 0 aliphatic heterocycles. The molecule has 98 valence electrons. The summed E-state index contributed by atoms with van der Waals surface area (Å²) in [6.45, 7) is 6.82. The number of rotatable bonds is 8. The maximum atomic E-state index is 5.68. The first-order valence-corrected chi connectivity index (χ1v) is 7.52. The first-order valence-electron chi connectivity index (χ1n) is 7.52. The van der Waals surface area contributed by atoms with Crippen LogP contribution in [-0.4, -0.2) is 24.0 Å². The largest absolute Gasteiger partial charge is 0.299 e. The molecular formula is C16H29N. The zero-order valence-electron chi connectivity index (χ0n) is 11.8. The molecule has 0 bridgehead atoms. The summed E-state index contributed by atoms with van der Waals surface area (Å²) in [6.07, 6.45) is 16.4. The second-order valence-electron chi connectivity index (χ2n) is 5.39. The van der Waals surface area contributed by atoms with Crippen LogP contribution in [0.3, 0.4) is 0 Å². The van der Waals surface area contributed by atoms with Gasteiger partial charge in [0.1, 0.15) is 0 Å². The van der Waals surface area contributed by atoms with E-state index in [2.05, 4.69) is 24.7 Å². The van der Waals surface area contributed by atoms with Crippen LogP contribution >= 0.6 is 0 Å². The minimum absolute atomic E-state index is 0.474. The fraction of sp³-hybridized carbons (Fsp3) is 0.875. The zero-order chi connectivity index (χ0) is 12.5. The lowest BCUT2D eigenvalue weighted by Gasteiger charge is -2.29. The molecule has 0 radical (unpaired) electrons. The number of hydrogen-bond acceptors (Lipinski definition) is 1. The zero-order valence-corrected chi connectivity index (χ0v) is 11.8. The summed E-state index contributed by atoms with van der Waals surface area (Å²) in [5, 5.41) is 0. The van der Waals surface area contributed by atoms with Crippen LogP contribution in [0.4, 0.5) is 0 Å². The molecule has 1 aliphatic carbocycles. The lowest BCUT2D eigenvalue weighted by atomic mass is 10.0. The van der Waals surface area contributed by atoms with Crippen LogP contribution in [0, 0.1) is 18.3 Å². The van der Waals surface area contributed by atoms with Gasteiger partial charge in [-0.1, -0.05) is 46.0 Å². The maximum Gasteiger partial charge on any atom is 0.0327 e. The minimum Gasteiger partial charge on any atom is -0.299 e. The van der Waals surface area contributed by atoms with Crippen molar-refractivity contribution in [3.8, 4) is 12.3 Å². The number of terminal acetylenes is 1. The van der Waals surface area contributed by atoms with Crippen molar-refractivity contribution in [1.29, 1.82) is 0 Å². The maximum absolute atomic E-state index is 5.68. The van der Waals surface area contributed by atoms with Crippen LogP contribution in [0.25, 0.3) is 0 Å². The van der Waals surface area contributed by atoms with E-state index in [0.717, 1.165) is 19.1 Å². The van der Waals surface area contributed by atoms with Crippen LogP contribution < -0.4 is 0 Å². The van der Waals surface area contributed by atoms with Crippen molar-refractivity contribution in [1.82, 2.24) is 4.90 Å². The van der Waals surface area contributed by atoms with E-state index < -0.39 is 0 Å². The van der Waals surface area contributed by atoms with E-state index in [0.29, 0.717) is 5.92 Å². The molecule has 0 spiro atoms. The highest BCUT2D eigenvalue weighted by Gasteiger charge is 2.22. The number of hydrogen-bond donors (Lipinski definition) is 0. The summed E-state index contributed by atoms with van der Waals surface area (Å²) < 4.78 is 0. The molecule has 0 aromatic heterocycles. The molecule has 1 aliphatic rings. The van der Waals surface area contributed by atoms with Gasteiger partial charge in [0.25, 0.3) is 0 Å². The Morgan fingerprint density at radius 2 is 1.94 bits per heavy atom. The monoisotopic (exact) mass is 235 g/mol. The molecule has 1 unspecified atom stereocenters. The van der Waals surface area contributed by atoms with Gasteiger partial charge in [0.15, 0.2) is 0 Å². The lowest BCUT2D eigenvalue weighted by Crippen LogP contribution is -2.36. The fourth-order valence-electron chi connectivity index (χ4n) is 2.96. The van der Waals surface area contributed by atoms with Gasteiger partial charge in [-0.3, -0.25) is 4.90 Å². The molecular weight excluding hydrogens is 206 g/mol. The van der Waals surface area contributed by atoms with Crippen LogP contribution in [0.2, 0.25) is 0 Å². The minimum atomic E-state index is 0.474. The predicted molar refractivity (Wildman–Crippen MR) is 76.0 cm³/mol. The lowest BCUT2D eigenvalue weighted by molar-refractivity contribution is 0.187. The normalized spacial score (nSPS) is 18.5. The summed E-state index contributed by atoms with van der Waals surface area (Å²) in [5.41, 5.74) is 0. The Morgan fingerprint density at radius 3 is 2.47 bits per heavy atom. The summed E-state index contributed by atoms with van der Waals surface area (Å²) >= 11 is 0. The van der Waals surface area contributed by atoms with Crippen molar-refractivity contribution in [3.05, 3.63) is 0 Å². The average Bonchev–Trinajstić information content (AvgIpc) is 2.87. The van der Waals surface area contributed by atoms with Crippen molar-refractivity contribution in [2.24, 2.45) is 5.92 Å². The van der Waals surface area contributed by atoms with Gasteiger partial charge in [-0.2, -0.15) is 0 Å². The molecule has 1 rings (SSSR count). The van der Waals surface area contributed by atoms with Crippen LogP contribution in [0.15, 0.2) is 0 Å². The topological polar surface area (TPSA) is 3.24 Å². The predicted octanol–water partition coefficient (Wildman–Crippen LogP) is 4.08. The Balaban J connectivity index is 2.33. The molecule has 17 heavy (non-hydrogen) atoms. The Labute approximate surface area is 108 Å². The van der Waals surface area contributed by atoms with Crippen molar-refractivity contribution >= 4 is 0 Å². The molecule has 1 saturated carbocycles. The Morgan fingerprint density at radius 1 is 1.24 bits per heavy atom. The number of nitrogens with zero attached hydrogens (tertiary/aromatic N) is 1. The fourth-order valence-corrected chi connectivity index (χ4v) is 2.96. The molecule has 0 heterocycles. The summed E-state index contributed by atoms with van der Waals surface area (Å²) in [6, 6.07) is 0.821. The van der Waals surface area contributed by atoms with Gasteiger partial charge in [-0.15, -0.1) is 12.3 Å². The molecule has 1 nitrogen and oxygen atoms in total. The van der Waals surface area contributed by atoms with E-state index in [-0.39, 0.29) is 0 Å². The molecule has 0 aromatic carbocycles. The molecule has 0 aromatic rings. The third kappa shape index (κ3) is 5.13. The number of unbranched alkanes of at least 4 members (excludes halogenated alkanes) is 2. The Kier molecular flexibility index (Phi) is 7.37. The molecule has 1 heteroatoms. The van der Waals surface area contributed by atoms with Gasteiger partial charge >= 0.3 is 0 Å². The second kappa shape index (κ2) is 8.59. The van der Waals surface area contributed by atoms with E-state index in [1.165, 1.54) is 51.4 Å². The second-order valence-corrected chi connectivity index (χ2v) is 5.39. The van der Waals surface area contributed by atoms with Gasteiger partial charge < -0.3 is 0 Å². The standard InChI is InChI=1S/C16H29N/c1-4-7-8-11-15(5-2)14-17(6-3)16-12-9-10-13-16/h2,15-16H,4,6-14H2,1,3H3. The summed E-state index contributed by atoms with van der Waals surface area (Å²) in [5.74, 6) is 3.48. The highest BCUT2D eigenvalue weighted by Crippen LogP contribution is 2.24. The van der Waals surface area contributed by atoms with Crippen LogP contribution in [-0.2, 0) is 0 Å². The van der Waals surface area contributed by atoms with Crippen molar-refractivity contribution in [2.75, 3.05) is 13.1 Å². The highest BCUT2D eigenvalue weighted by atomic mass is 15.2. The van der Waals surface area contributed by atoms with Crippen molar-refractivity contribution in [2.45, 2.75) is 71.3 Å². The van der Waals surface area contributed by atoms with Gasteiger partial charge in [0.05, 0.1) is 0 Å². The highest BCUT2D eigenvalue weighted by molar-refractivity contribution is 4.95. The van der Waals surface area contributed by atoms with Crippen molar-refractivity contribution < 1.29 is 0 Å². The van der Waals surface area contributed by atoms with E-state index in [9.17, 15) is 0 Å². The van der Waals surface area contributed by atoms with E-state index >= 15 is 0 Å². The SMILES string of the molecule is C#CC(CCCCC)CN(CC)C1CCCC1. The Hall–Kier alpha value is -0.480. The Bertz CT molecular complexity index is 222. The van der Waals surface area contributed by atoms with E-state index in [1.54, 1.807) is 0 Å².